The molecule has 7 heteroatoms. The zero-order chi connectivity index (χ0) is 15.6. The summed E-state index contributed by atoms with van der Waals surface area (Å²) in [4.78, 5) is 12.5. The molecule has 21 heavy (non-hydrogen) atoms. The summed E-state index contributed by atoms with van der Waals surface area (Å²) in [6.45, 7) is 1.83. The highest BCUT2D eigenvalue weighted by molar-refractivity contribution is 6.35. The van der Waals surface area contributed by atoms with Crippen molar-refractivity contribution >= 4 is 34.9 Å². The van der Waals surface area contributed by atoms with Crippen LogP contribution >= 0.6 is 23.2 Å². The van der Waals surface area contributed by atoms with Crippen LogP contribution in [0.4, 0.5) is 0 Å². The summed E-state index contributed by atoms with van der Waals surface area (Å²) in [5.74, 6) is -0.289. The molecule has 1 amide bonds. The smallest absolute Gasteiger partial charge is 0.234 e. The first-order chi connectivity index (χ1) is 9.90. The molecule has 1 fully saturated rings. The van der Waals surface area contributed by atoms with Crippen LogP contribution in [0.5, 0.6) is 0 Å². The molecule has 0 aliphatic heterocycles. The minimum absolute atomic E-state index is 0.0411. The molecule has 0 saturated heterocycles. The molecule has 114 valence electrons. The Kier molecular flexibility index (Phi) is 4.64. The zero-order valence-corrected chi connectivity index (χ0v) is 13.1. The molecule has 0 radical (unpaired) electrons. The minimum atomic E-state index is -0.901. The topological polar surface area (TPSA) is 87.7 Å². The maximum Gasteiger partial charge on any atom is 0.234 e. The third-order valence-electron chi connectivity index (χ3n) is 4.02. The Hall–Kier alpha value is -1.46. The van der Waals surface area contributed by atoms with Crippen LogP contribution in [-0.2, 0) is 4.79 Å². The van der Waals surface area contributed by atoms with Crippen LogP contribution in [0.15, 0.2) is 23.4 Å². The van der Waals surface area contributed by atoms with Gasteiger partial charge in [0, 0.05) is 10.0 Å². The molecule has 1 atom stereocenters. The van der Waals surface area contributed by atoms with Crippen molar-refractivity contribution in [3.63, 3.8) is 0 Å². The van der Waals surface area contributed by atoms with E-state index in [0.717, 1.165) is 12.0 Å². The molecular formula is C14H17Cl2N3O2. The van der Waals surface area contributed by atoms with Gasteiger partial charge >= 0.3 is 0 Å². The lowest BCUT2D eigenvalue weighted by atomic mass is 9.67. The van der Waals surface area contributed by atoms with Crippen molar-refractivity contribution in [3.8, 4) is 0 Å². The van der Waals surface area contributed by atoms with Crippen molar-refractivity contribution < 1.29 is 10.0 Å². The monoisotopic (exact) mass is 329 g/mol. The number of halogens is 2. The Morgan fingerprint density at radius 2 is 2.14 bits per heavy atom. The largest absolute Gasteiger partial charge is 0.409 e. The molecule has 1 aromatic carbocycles. The molecule has 4 N–H and O–H groups in total. The van der Waals surface area contributed by atoms with E-state index in [9.17, 15) is 4.79 Å². The van der Waals surface area contributed by atoms with Gasteiger partial charge in [0.05, 0.1) is 6.04 Å². The fourth-order valence-electron chi connectivity index (χ4n) is 2.49. The molecule has 1 unspecified atom stereocenters. The number of carbonyl (C=O) groups excluding carboxylic acids is 1. The number of nitrogens with two attached hydrogens (primary N) is 1. The van der Waals surface area contributed by atoms with Gasteiger partial charge in [0.2, 0.25) is 5.91 Å². The highest BCUT2D eigenvalue weighted by Crippen LogP contribution is 2.42. The predicted octanol–water partition coefficient (Wildman–Crippen LogP) is 3.09. The van der Waals surface area contributed by atoms with Crippen LogP contribution in [0.1, 0.15) is 37.8 Å². The second-order valence-electron chi connectivity index (χ2n) is 5.28. The van der Waals surface area contributed by atoms with Crippen molar-refractivity contribution in [2.75, 3.05) is 0 Å². The Labute approximate surface area is 133 Å². The van der Waals surface area contributed by atoms with Gasteiger partial charge in [-0.1, -0.05) is 40.8 Å². The van der Waals surface area contributed by atoms with Gasteiger partial charge in [0.15, 0.2) is 5.84 Å². The number of nitrogens with one attached hydrogen (secondary N) is 1. The normalized spacial score (nSPS) is 18.7. The summed E-state index contributed by atoms with van der Waals surface area (Å²) in [5, 5.41) is 15.8. The van der Waals surface area contributed by atoms with Crippen LogP contribution in [0.25, 0.3) is 0 Å². The number of hydrogen-bond donors (Lipinski definition) is 3. The molecule has 1 aliphatic rings. The van der Waals surface area contributed by atoms with E-state index in [2.05, 4.69) is 10.5 Å². The highest BCUT2D eigenvalue weighted by Gasteiger charge is 2.48. The number of amides is 1. The number of oxime groups is 1. The first-order valence-electron chi connectivity index (χ1n) is 6.64. The molecule has 0 bridgehead atoms. The van der Waals surface area contributed by atoms with Crippen molar-refractivity contribution in [2.24, 2.45) is 16.3 Å². The van der Waals surface area contributed by atoms with E-state index in [1.807, 2.05) is 6.92 Å². The predicted molar refractivity (Wildman–Crippen MR) is 82.7 cm³/mol. The van der Waals surface area contributed by atoms with Gasteiger partial charge in [-0.05, 0) is 37.5 Å². The standard InChI is InChI=1S/C14H17Cl2N3O2/c1-8(10-4-3-9(15)7-11(10)16)18-13(20)14(5-2-6-14)12(17)19-21/h3-4,7-8,21H,2,5-6H2,1H3,(H2,17,19)(H,18,20). The lowest BCUT2D eigenvalue weighted by Gasteiger charge is -2.39. The summed E-state index contributed by atoms with van der Waals surface area (Å²) in [7, 11) is 0. The molecule has 1 saturated carbocycles. The van der Waals surface area contributed by atoms with E-state index in [-0.39, 0.29) is 17.8 Å². The van der Waals surface area contributed by atoms with Crippen molar-refractivity contribution in [1.29, 1.82) is 0 Å². The summed E-state index contributed by atoms with van der Waals surface area (Å²) >= 11 is 12.0. The van der Waals surface area contributed by atoms with Crippen LogP contribution in [0, 0.1) is 5.41 Å². The molecule has 5 nitrogen and oxygen atoms in total. The van der Waals surface area contributed by atoms with E-state index in [4.69, 9.17) is 34.1 Å². The maximum absolute atomic E-state index is 12.5. The summed E-state index contributed by atoms with van der Waals surface area (Å²) in [6.07, 6.45) is 2.03. The Balaban J connectivity index is 2.15. The first kappa shape index (κ1) is 15.9. The van der Waals surface area contributed by atoms with E-state index in [0.29, 0.717) is 22.9 Å². The number of benzene rings is 1. The summed E-state index contributed by atoms with van der Waals surface area (Å²) in [6, 6.07) is 4.82. The number of hydrogen-bond acceptors (Lipinski definition) is 3. The summed E-state index contributed by atoms with van der Waals surface area (Å²) in [5.41, 5.74) is 5.54. The molecule has 0 heterocycles. The molecule has 2 rings (SSSR count). The average molecular weight is 330 g/mol. The van der Waals surface area contributed by atoms with Gasteiger partial charge in [0.25, 0.3) is 0 Å². The molecular weight excluding hydrogens is 313 g/mol. The molecule has 0 aromatic heterocycles. The fraction of sp³-hybridized carbons (Fsp3) is 0.429. The van der Waals surface area contributed by atoms with Crippen molar-refractivity contribution in [2.45, 2.75) is 32.2 Å². The number of nitrogens with zero attached hydrogens (tertiary/aromatic N) is 1. The zero-order valence-electron chi connectivity index (χ0n) is 11.6. The van der Waals surface area contributed by atoms with Crippen LogP contribution < -0.4 is 11.1 Å². The van der Waals surface area contributed by atoms with E-state index < -0.39 is 5.41 Å². The Bertz CT molecular complexity index is 586. The third kappa shape index (κ3) is 2.94. The quantitative estimate of drug-likeness (QED) is 0.343. The van der Waals surface area contributed by atoms with Crippen molar-refractivity contribution in [1.82, 2.24) is 5.32 Å². The summed E-state index contributed by atoms with van der Waals surface area (Å²) < 4.78 is 0. The minimum Gasteiger partial charge on any atom is -0.409 e. The molecule has 1 aromatic rings. The van der Waals surface area contributed by atoms with Crippen LogP contribution in [0.2, 0.25) is 10.0 Å². The van der Waals surface area contributed by atoms with Crippen LogP contribution in [-0.4, -0.2) is 17.0 Å². The van der Waals surface area contributed by atoms with Crippen LogP contribution in [0.3, 0.4) is 0 Å². The number of amidine groups is 1. The van der Waals surface area contributed by atoms with E-state index >= 15 is 0 Å². The van der Waals surface area contributed by atoms with Gasteiger partial charge in [0.1, 0.15) is 5.41 Å². The Morgan fingerprint density at radius 3 is 2.62 bits per heavy atom. The SMILES string of the molecule is CC(NC(=O)C1(/C(N)=N/O)CCC1)c1ccc(Cl)cc1Cl. The van der Waals surface area contributed by atoms with Crippen molar-refractivity contribution in [3.05, 3.63) is 33.8 Å². The lowest BCUT2D eigenvalue weighted by molar-refractivity contribution is -0.131. The number of carbonyl (C=O) groups is 1. The number of rotatable bonds is 4. The van der Waals surface area contributed by atoms with Gasteiger partial charge in [-0.15, -0.1) is 0 Å². The Morgan fingerprint density at radius 1 is 1.48 bits per heavy atom. The third-order valence-corrected chi connectivity index (χ3v) is 4.58. The second-order valence-corrected chi connectivity index (χ2v) is 6.13. The van der Waals surface area contributed by atoms with Gasteiger partial charge < -0.3 is 16.3 Å². The maximum atomic E-state index is 12.5. The average Bonchev–Trinajstić information content (AvgIpc) is 2.36. The first-order valence-corrected chi connectivity index (χ1v) is 7.40. The van der Waals surface area contributed by atoms with E-state index in [1.54, 1.807) is 18.2 Å². The molecule has 0 spiro atoms. The fourth-order valence-corrected chi connectivity index (χ4v) is 3.06. The van der Waals surface area contributed by atoms with E-state index in [1.165, 1.54) is 0 Å². The second kappa shape index (κ2) is 6.12. The lowest BCUT2D eigenvalue weighted by Crippen LogP contribution is -2.54. The molecule has 1 aliphatic carbocycles. The van der Waals surface area contributed by atoms with Gasteiger partial charge in [-0.2, -0.15) is 0 Å². The van der Waals surface area contributed by atoms with Gasteiger partial charge in [-0.3, -0.25) is 4.79 Å². The highest BCUT2D eigenvalue weighted by atomic mass is 35.5. The van der Waals surface area contributed by atoms with Gasteiger partial charge in [-0.25, -0.2) is 0 Å².